The van der Waals surface area contributed by atoms with Crippen molar-refractivity contribution >= 4 is 34.0 Å². The number of hydrogen-bond donors (Lipinski definition) is 2. The summed E-state index contributed by atoms with van der Waals surface area (Å²) in [4.78, 5) is 13.7. The number of aromatic amines is 1. The maximum atomic E-state index is 6.63. The molecule has 0 spiro atoms. The molecule has 7 nitrogen and oxygen atoms in total. The van der Waals surface area contributed by atoms with Crippen molar-refractivity contribution < 1.29 is 0 Å². The average molecular weight is 486 g/mol. The Balaban J connectivity index is 1.30. The second-order valence-corrected chi connectivity index (χ2v) is 9.47. The van der Waals surface area contributed by atoms with E-state index in [1.807, 2.05) is 38.2 Å². The van der Waals surface area contributed by atoms with Crippen LogP contribution in [0.15, 0.2) is 42.7 Å². The molecule has 0 aliphatic carbocycles. The third-order valence-corrected chi connectivity index (χ3v) is 6.71. The molecule has 5 rings (SSSR count). The molecule has 35 heavy (non-hydrogen) atoms. The number of nitrogens with zero attached hydrogens (tertiary/aromatic N) is 5. The quantitative estimate of drug-likeness (QED) is 0.414. The maximum Gasteiger partial charge on any atom is 0.181 e. The van der Waals surface area contributed by atoms with Crippen molar-refractivity contribution in [3.05, 3.63) is 75.8 Å². The van der Waals surface area contributed by atoms with Gasteiger partial charge in [0.25, 0.3) is 0 Å². The number of aromatic nitrogens is 4. The molecule has 0 amide bonds. The Hall–Kier alpha value is -3.44. The van der Waals surface area contributed by atoms with Gasteiger partial charge in [0.15, 0.2) is 5.65 Å². The molecule has 0 saturated carbocycles. The van der Waals surface area contributed by atoms with Gasteiger partial charge in [-0.1, -0.05) is 29.5 Å². The molecular formula is C27H28ClN7. The Morgan fingerprint density at radius 2 is 1.83 bits per heavy atom. The second kappa shape index (κ2) is 10.0. The number of anilines is 2. The van der Waals surface area contributed by atoms with Crippen molar-refractivity contribution in [2.45, 2.75) is 20.4 Å². The fourth-order valence-corrected chi connectivity index (χ4v) is 4.36. The molecule has 1 fully saturated rings. The first-order chi connectivity index (χ1) is 16.9. The molecule has 4 aromatic rings. The highest BCUT2D eigenvalue weighted by Gasteiger charge is 2.15. The molecular weight excluding hydrogens is 458 g/mol. The molecule has 0 atom stereocenters. The monoisotopic (exact) mass is 485 g/mol. The van der Waals surface area contributed by atoms with E-state index in [0.29, 0.717) is 5.65 Å². The van der Waals surface area contributed by atoms with E-state index >= 15 is 0 Å². The number of benzene rings is 1. The van der Waals surface area contributed by atoms with Crippen LogP contribution in [0, 0.1) is 25.7 Å². The number of rotatable bonds is 4. The van der Waals surface area contributed by atoms with Crippen molar-refractivity contribution in [1.82, 2.24) is 30.0 Å². The summed E-state index contributed by atoms with van der Waals surface area (Å²) in [6, 6.07) is 10.2. The summed E-state index contributed by atoms with van der Waals surface area (Å²) in [5.74, 6) is 6.45. The molecule has 1 aliphatic heterocycles. The number of nitrogens with one attached hydrogen (secondary N) is 2. The third-order valence-electron chi connectivity index (χ3n) is 6.36. The number of hydrogen-bond acceptors (Lipinski definition) is 6. The predicted molar refractivity (Wildman–Crippen MR) is 141 cm³/mol. The molecule has 4 heterocycles. The van der Waals surface area contributed by atoms with Gasteiger partial charge in [-0.2, -0.15) is 5.10 Å². The lowest BCUT2D eigenvalue weighted by atomic mass is 10.1. The molecule has 178 valence electrons. The van der Waals surface area contributed by atoms with E-state index in [0.717, 1.165) is 82.6 Å². The van der Waals surface area contributed by atoms with Gasteiger partial charge in [0.05, 0.1) is 17.6 Å². The number of halogens is 1. The van der Waals surface area contributed by atoms with Gasteiger partial charge in [0.1, 0.15) is 0 Å². The number of piperazine rings is 1. The topological polar surface area (TPSA) is 73.0 Å². The molecule has 0 radical (unpaired) electrons. The first-order valence-electron chi connectivity index (χ1n) is 11.7. The van der Waals surface area contributed by atoms with Crippen LogP contribution < -0.4 is 5.32 Å². The second-order valence-electron chi connectivity index (χ2n) is 9.06. The molecule has 3 aromatic heterocycles. The van der Waals surface area contributed by atoms with E-state index in [2.05, 4.69) is 66.3 Å². The Morgan fingerprint density at radius 1 is 1.00 bits per heavy atom. The molecule has 0 unspecified atom stereocenters. The average Bonchev–Trinajstić information content (AvgIpc) is 3.22. The summed E-state index contributed by atoms with van der Waals surface area (Å²) >= 11 is 6.63. The van der Waals surface area contributed by atoms with Gasteiger partial charge in [-0.3, -0.25) is 15.0 Å². The third kappa shape index (κ3) is 5.46. The predicted octanol–water partition coefficient (Wildman–Crippen LogP) is 4.51. The first-order valence-corrected chi connectivity index (χ1v) is 12.1. The summed E-state index contributed by atoms with van der Waals surface area (Å²) in [5, 5.41) is 12.3. The zero-order valence-corrected chi connectivity index (χ0v) is 20.9. The number of aryl methyl sites for hydroxylation is 2. The molecule has 0 bridgehead atoms. The lowest BCUT2D eigenvalue weighted by Crippen LogP contribution is -2.43. The zero-order valence-electron chi connectivity index (χ0n) is 20.2. The normalized spacial score (nSPS) is 14.6. The Morgan fingerprint density at radius 3 is 2.63 bits per heavy atom. The van der Waals surface area contributed by atoms with Gasteiger partial charge in [0, 0.05) is 71.8 Å². The van der Waals surface area contributed by atoms with Crippen LogP contribution in [0.1, 0.15) is 28.1 Å². The van der Waals surface area contributed by atoms with Crippen LogP contribution in [0.3, 0.4) is 0 Å². The molecule has 1 aromatic carbocycles. The van der Waals surface area contributed by atoms with Crippen molar-refractivity contribution in [1.29, 1.82) is 0 Å². The van der Waals surface area contributed by atoms with E-state index < -0.39 is 0 Å². The minimum Gasteiger partial charge on any atom is -0.354 e. The van der Waals surface area contributed by atoms with Gasteiger partial charge >= 0.3 is 0 Å². The van der Waals surface area contributed by atoms with Crippen molar-refractivity contribution in [3.63, 3.8) is 0 Å². The van der Waals surface area contributed by atoms with Crippen LogP contribution in [-0.4, -0.2) is 63.2 Å². The van der Waals surface area contributed by atoms with Gasteiger partial charge in [-0.15, -0.1) is 0 Å². The number of likely N-dealkylation sites (N-methyl/N-ethyl adjacent to an activating group) is 1. The minimum absolute atomic E-state index is 0.699. The van der Waals surface area contributed by atoms with Gasteiger partial charge in [0.2, 0.25) is 0 Å². The largest absolute Gasteiger partial charge is 0.354 e. The van der Waals surface area contributed by atoms with Crippen LogP contribution >= 0.6 is 11.6 Å². The minimum atomic E-state index is 0.699. The van der Waals surface area contributed by atoms with E-state index in [1.54, 1.807) is 6.20 Å². The van der Waals surface area contributed by atoms with Crippen LogP contribution in [0.4, 0.5) is 11.4 Å². The summed E-state index contributed by atoms with van der Waals surface area (Å²) in [5.41, 5.74) is 7.18. The lowest BCUT2D eigenvalue weighted by Gasteiger charge is -2.32. The van der Waals surface area contributed by atoms with Crippen LogP contribution in [-0.2, 0) is 6.54 Å². The summed E-state index contributed by atoms with van der Waals surface area (Å²) < 4.78 is 0. The van der Waals surface area contributed by atoms with E-state index in [1.165, 1.54) is 0 Å². The SMILES string of the molecule is Cc1ncc(Nc2ccc(CN3CCN(C)CC3)c(Cl)c2)cc1C#Cc1cnc2n[nH]c(C)c2c1. The van der Waals surface area contributed by atoms with E-state index in [4.69, 9.17) is 11.6 Å². The van der Waals surface area contributed by atoms with Crippen molar-refractivity contribution in [2.75, 3.05) is 38.5 Å². The molecule has 8 heteroatoms. The fourth-order valence-electron chi connectivity index (χ4n) is 4.12. The summed E-state index contributed by atoms with van der Waals surface area (Å²) in [7, 11) is 2.17. The van der Waals surface area contributed by atoms with Crippen LogP contribution in [0.5, 0.6) is 0 Å². The zero-order chi connectivity index (χ0) is 24.4. The van der Waals surface area contributed by atoms with E-state index in [-0.39, 0.29) is 0 Å². The lowest BCUT2D eigenvalue weighted by molar-refractivity contribution is 0.148. The molecule has 1 aliphatic rings. The smallest absolute Gasteiger partial charge is 0.181 e. The van der Waals surface area contributed by atoms with Gasteiger partial charge in [-0.25, -0.2) is 4.98 Å². The molecule has 1 saturated heterocycles. The van der Waals surface area contributed by atoms with Crippen LogP contribution in [0.25, 0.3) is 11.0 Å². The maximum absolute atomic E-state index is 6.63. The van der Waals surface area contributed by atoms with Crippen molar-refractivity contribution in [3.8, 4) is 11.8 Å². The standard InChI is InChI=1S/C27H28ClN7/c1-18-21(5-4-20-12-25-19(2)32-33-27(25)30-15-20)13-24(16-29-18)31-23-7-6-22(26(28)14-23)17-35-10-8-34(3)9-11-35/h6-7,12-16,31H,8-11,17H2,1-3H3,(H,30,32,33). The highest BCUT2D eigenvalue weighted by atomic mass is 35.5. The van der Waals surface area contributed by atoms with Crippen LogP contribution in [0.2, 0.25) is 5.02 Å². The number of H-pyrrole nitrogens is 1. The highest BCUT2D eigenvalue weighted by Crippen LogP contribution is 2.26. The summed E-state index contributed by atoms with van der Waals surface area (Å²) in [6.07, 6.45) is 3.56. The Bertz CT molecular complexity index is 1420. The number of fused-ring (bicyclic) bond motifs is 1. The van der Waals surface area contributed by atoms with Crippen molar-refractivity contribution in [2.24, 2.45) is 0 Å². The summed E-state index contributed by atoms with van der Waals surface area (Å²) in [6.45, 7) is 9.13. The fraction of sp³-hybridized carbons (Fsp3) is 0.296. The number of pyridine rings is 2. The highest BCUT2D eigenvalue weighted by molar-refractivity contribution is 6.31. The Kier molecular flexibility index (Phi) is 6.69. The molecule has 2 N–H and O–H groups in total. The first kappa shape index (κ1) is 23.3. The Labute approximate surface area is 210 Å². The van der Waals surface area contributed by atoms with Gasteiger partial charge in [-0.05, 0) is 50.7 Å². The van der Waals surface area contributed by atoms with Gasteiger partial charge < -0.3 is 10.2 Å². The van der Waals surface area contributed by atoms with E-state index in [9.17, 15) is 0 Å².